The zero-order valence-corrected chi connectivity index (χ0v) is 16.2. The Balaban J connectivity index is 3.34. The lowest BCUT2D eigenvalue weighted by atomic mass is 9.79. The van der Waals surface area contributed by atoms with Crippen molar-refractivity contribution in [3.05, 3.63) is 23.3 Å². The normalized spacial score (nSPS) is 13.4. The molecule has 3 heteroatoms. The molecule has 1 rings (SSSR count). The van der Waals surface area contributed by atoms with Gasteiger partial charge in [0.25, 0.3) is 0 Å². The monoisotopic (exact) mass is 308 g/mol. The van der Waals surface area contributed by atoms with Crippen LogP contribution >= 0.6 is 0 Å². The van der Waals surface area contributed by atoms with E-state index < -0.39 is 8.07 Å². The molecule has 21 heavy (non-hydrogen) atoms. The summed E-state index contributed by atoms with van der Waals surface area (Å²) in [4.78, 5) is 0. The van der Waals surface area contributed by atoms with Crippen molar-refractivity contribution in [3.8, 4) is 11.5 Å². The minimum Gasteiger partial charge on any atom is -0.507 e. The van der Waals surface area contributed by atoms with E-state index in [4.69, 9.17) is 4.74 Å². The molecule has 0 spiro atoms. The molecule has 0 unspecified atom stereocenters. The Bertz CT molecular complexity index is 464. The molecule has 0 saturated carbocycles. The Kier molecular flexibility index (Phi) is 4.89. The molecule has 0 aliphatic carbocycles. The van der Waals surface area contributed by atoms with Gasteiger partial charge in [-0.25, -0.2) is 0 Å². The van der Waals surface area contributed by atoms with Crippen LogP contribution in [0.4, 0.5) is 0 Å². The maximum Gasteiger partial charge on any atom is 0.123 e. The van der Waals surface area contributed by atoms with Crippen molar-refractivity contribution in [2.45, 2.75) is 72.0 Å². The zero-order valence-electron chi connectivity index (χ0n) is 15.2. The molecule has 2 nitrogen and oxygen atoms in total. The van der Waals surface area contributed by atoms with Gasteiger partial charge in [-0.1, -0.05) is 61.2 Å². The minimum absolute atomic E-state index is 0.109. The van der Waals surface area contributed by atoms with Gasteiger partial charge in [-0.3, -0.25) is 0 Å². The van der Waals surface area contributed by atoms with Gasteiger partial charge in [0.1, 0.15) is 11.5 Å². The van der Waals surface area contributed by atoms with E-state index in [2.05, 4.69) is 61.2 Å². The number of hydrogen-bond donors (Lipinski definition) is 1. The summed E-state index contributed by atoms with van der Waals surface area (Å²) < 4.78 is 6.05. The summed E-state index contributed by atoms with van der Waals surface area (Å²) >= 11 is 0. The summed E-state index contributed by atoms with van der Waals surface area (Å²) in [7, 11) is -1.26. The van der Waals surface area contributed by atoms with Crippen molar-refractivity contribution in [1.82, 2.24) is 0 Å². The van der Waals surface area contributed by atoms with Gasteiger partial charge in [0.15, 0.2) is 0 Å². The first-order chi connectivity index (χ1) is 9.22. The van der Waals surface area contributed by atoms with Gasteiger partial charge in [0.2, 0.25) is 0 Å². The van der Waals surface area contributed by atoms with E-state index in [1.165, 1.54) is 0 Å². The SMILES string of the molecule is CC(C)(C)c1cc(OC[Si](C)(C)C)cc(C(C)(C)C)c1O. The molecule has 0 saturated heterocycles. The van der Waals surface area contributed by atoms with Crippen LogP contribution in [-0.4, -0.2) is 19.4 Å². The van der Waals surface area contributed by atoms with Gasteiger partial charge in [-0.2, -0.15) is 0 Å². The Labute approximate surface area is 131 Å². The van der Waals surface area contributed by atoms with Gasteiger partial charge in [0.05, 0.1) is 14.3 Å². The third kappa shape index (κ3) is 5.06. The largest absolute Gasteiger partial charge is 0.507 e. The molecule has 1 aromatic rings. The molecule has 0 aliphatic heterocycles. The molecular weight excluding hydrogens is 276 g/mol. The molecule has 0 aliphatic rings. The average Bonchev–Trinajstić information content (AvgIpc) is 2.23. The molecule has 0 atom stereocenters. The quantitative estimate of drug-likeness (QED) is 0.773. The van der Waals surface area contributed by atoms with Crippen LogP contribution < -0.4 is 4.74 Å². The maximum atomic E-state index is 10.7. The van der Waals surface area contributed by atoms with Gasteiger partial charge in [0, 0.05) is 11.1 Å². The third-order valence-electron chi connectivity index (χ3n) is 3.37. The maximum absolute atomic E-state index is 10.7. The fourth-order valence-corrected chi connectivity index (χ4v) is 2.73. The molecule has 120 valence electrons. The minimum atomic E-state index is -1.26. The Hall–Kier alpha value is -0.963. The van der Waals surface area contributed by atoms with Crippen LogP contribution in [0.15, 0.2) is 12.1 Å². The Morgan fingerprint density at radius 2 is 1.29 bits per heavy atom. The highest BCUT2D eigenvalue weighted by atomic mass is 28.3. The summed E-state index contributed by atoms with van der Waals surface area (Å²) in [5.41, 5.74) is 1.70. The van der Waals surface area contributed by atoms with Gasteiger partial charge >= 0.3 is 0 Å². The third-order valence-corrected chi connectivity index (χ3v) is 4.38. The van der Waals surface area contributed by atoms with E-state index in [0.29, 0.717) is 5.75 Å². The second-order valence-corrected chi connectivity index (χ2v) is 14.6. The lowest BCUT2D eigenvalue weighted by Crippen LogP contribution is -2.30. The molecule has 1 aromatic carbocycles. The van der Waals surface area contributed by atoms with E-state index >= 15 is 0 Å². The highest BCUT2D eigenvalue weighted by Crippen LogP contribution is 2.41. The number of ether oxygens (including phenoxy) is 1. The van der Waals surface area contributed by atoms with Crippen LogP contribution in [0.3, 0.4) is 0 Å². The van der Waals surface area contributed by atoms with Crippen molar-refractivity contribution in [2.24, 2.45) is 0 Å². The fraction of sp³-hybridized carbons (Fsp3) is 0.667. The molecule has 0 fully saturated rings. The summed E-state index contributed by atoms with van der Waals surface area (Å²) in [5.74, 6) is 1.29. The number of hydrogen-bond acceptors (Lipinski definition) is 2. The highest BCUT2D eigenvalue weighted by Gasteiger charge is 2.27. The smallest absolute Gasteiger partial charge is 0.123 e. The van der Waals surface area contributed by atoms with Crippen LogP contribution in [0.25, 0.3) is 0 Å². The van der Waals surface area contributed by atoms with Crippen LogP contribution in [0.1, 0.15) is 52.7 Å². The number of aromatic hydroxyl groups is 1. The van der Waals surface area contributed by atoms with Crippen molar-refractivity contribution >= 4 is 8.07 Å². The summed E-state index contributed by atoms with van der Waals surface area (Å²) in [6.45, 7) is 19.6. The number of phenols is 1. The van der Waals surface area contributed by atoms with Crippen molar-refractivity contribution < 1.29 is 9.84 Å². The molecule has 0 amide bonds. The molecule has 1 N–H and O–H groups in total. The standard InChI is InChI=1S/C18H32O2Si/c1-17(2,3)14-10-13(20-12-21(7,8)9)11-15(16(14)19)18(4,5)6/h10-11,19H,12H2,1-9H3. The van der Waals surface area contributed by atoms with Crippen LogP contribution in [0.5, 0.6) is 11.5 Å². The highest BCUT2D eigenvalue weighted by molar-refractivity contribution is 6.76. The fourth-order valence-electron chi connectivity index (χ4n) is 2.13. The predicted molar refractivity (Wildman–Crippen MR) is 94.3 cm³/mol. The lowest BCUT2D eigenvalue weighted by Gasteiger charge is -2.28. The summed E-state index contributed by atoms with van der Waals surface area (Å²) in [6.07, 6.45) is 0.797. The zero-order chi connectivity index (χ0) is 16.6. The van der Waals surface area contributed by atoms with Gasteiger partial charge < -0.3 is 9.84 Å². The van der Waals surface area contributed by atoms with E-state index in [9.17, 15) is 5.11 Å². The van der Waals surface area contributed by atoms with Crippen molar-refractivity contribution in [2.75, 3.05) is 6.23 Å². The van der Waals surface area contributed by atoms with E-state index in [1.54, 1.807) is 0 Å². The average molecular weight is 309 g/mol. The van der Waals surface area contributed by atoms with Crippen molar-refractivity contribution in [3.63, 3.8) is 0 Å². The number of benzene rings is 1. The number of phenolic OH excluding ortho intramolecular Hbond substituents is 1. The van der Waals surface area contributed by atoms with Crippen LogP contribution in [0, 0.1) is 0 Å². The molecule has 0 heterocycles. The molecule has 0 bridgehead atoms. The predicted octanol–water partition coefficient (Wildman–Crippen LogP) is 5.24. The van der Waals surface area contributed by atoms with Crippen LogP contribution in [-0.2, 0) is 10.8 Å². The summed E-state index contributed by atoms with van der Waals surface area (Å²) in [6, 6.07) is 4.01. The Morgan fingerprint density at radius 3 is 1.57 bits per heavy atom. The second kappa shape index (κ2) is 5.67. The lowest BCUT2D eigenvalue weighted by molar-refractivity contribution is 0.368. The van der Waals surface area contributed by atoms with E-state index in [-0.39, 0.29) is 10.8 Å². The van der Waals surface area contributed by atoms with Gasteiger partial charge in [-0.05, 0) is 23.0 Å². The van der Waals surface area contributed by atoms with Crippen molar-refractivity contribution in [1.29, 1.82) is 0 Å². The first-order valence-corrected chi connectivity index (χ1v) is 11.4. The van der Waals surface area contributed by atoms with Crippen LogP contribution in [0.2, 0.25) is 19.6 Å². The topological polar surface area (TPSA) is 29.5 Å². The number of rotatable bonds is 3. The van der Waals surface area contributed by atoms with E-state index in [1.807, 2.05) is 12.1 Å². The first kappa shape index (κ1) is 18.1. The Morgan fingerprint density at radius 1 is 0.905 bits per heavy atom. The molecular formula is C18H32O2Si. The summed E-state index contributed by atoms with van der Waals surface area (Å²) in [5, 5.41) is 10.7. The molecule has 0 radical (unpaired) electrons. The van der Waals surface area contributed by atoms with E-state index in [0.717, 1.165) is 23.1 Å². The second-order valence-electron chi connectivity index (χ2n) is 9.22. The van der Waals surface area contributed by atoms with Gasteiger partial charge in [-0.15, -0.1) is 0 Å². The molecule has 0 aromatic heterocycles. The first-order valence-electron chi connectivity index (χ1n) is 7.72.